The van der Waals surface area contributed by atoms with E-state index in [0.717, 1.165) is 23.6 Å². The number of nitrogens with zero attached hydrogens (tertiary/aromatic N) is 1. The van der Waals surface area contributed by atoms with Gasteiger partial charge in [-0.3, -0.25) is 4.99 Å². The second kappa shape index (κ2) is 5.29. The van der Waals surface area contributed by atoms with Gasteiger partial charge in [0.05, 0.1) is 16.8 Å². The first-order valence-electron chi connectivity index (χ1n) is 6.97. The molecule has 0 fully saturated rings. The van der Waals surface area contributed by atoms with Crippen LogP contribution in [-0.2, 0) is 0 Å². The molecule has 0 amide bonds. The summed E-state index contributed by atoms with van der Waals surface area (Å²) in [4.78, 5) is 8.20. The van der Waals surface area contributed by atoms with Crippen molar-refractivity contribution in [2.75, 3.05) is 11.9 Å². The van der Waals surface area contributed by atoms with Gasteiger partial charge < -0.3 is 0 Å². The molecule has 1 aromatic carbocycles. The minimum atomic E-state index is 1.01. The summed E-state index contributed by atoms with van der Waals surface area (Å²) >= 11 is 1.74. The van der Waals surface area contributed by atoms with Crippen molar-refractivity contribution >= 4 is 32.5 Å². The quantitative estimate of drug-likeness (QED) is 0.838. The molecule has 0 saturated carbocycles. The number of thiazole rings is 1. The van der Waals surface area contributed by atoms with E-state index in [9.17, 15) is 0 Å². The second-order valence-corrected chi connectivity index (χ2v) is 6.32. The molecular formula is C15H20N3S+. The fraction of sp³-hybridized carbons (Fsp3) is 0.467. The van der Waals surface area contributed by atoms with Crippen LogP contribution < -0.4 is 10.3 Å². The molecule has 0 spiro atoms. The van der Waals surface area contributed by atoms with Gasteiger partial charge in [-0.1, -0.05) is 17.4 Å². The third-order valence-corrected chi connectivity index (χ3v) is 4.45. The molecule has 2 heterocycles. The average Bonchev–Trinajstić information content (AvgIpc) is 2.58. The van der Waals surface area contributed by atoms with Crippen LogP contribution in [0.15, 0.2) is 12.1 Å². The number of amidine groups is 1. The average molecular weight is 274 g/mol. The molecule has 100 valence electrons. The molecule has 0 aliphatic carbocycles. The fourth-order valence-corrected chi connectivity index (χ4v) is 3.66. The molecule has 0 saturated heterocycles. The Kier molecular flexibility index (Phi) is 3.51. The molecule has 0 unspecified atom stereocenters. The van der Waals surface area contributed by atoms with Gasteiger partial charge in [-0.25, -0.2) is 5.32 Å². The Hall–Kier alpha value is -1.42. The molecule has 3 rings (SSSR count). The van der Waals surface area contributed by atoms with Gasteiger partial charge in [0.2, 0.25) is 5.84 Å². The largest absolute Gasteiger partial charge is 0.278 e. The smallest absolute Gasteiger partial charge is 0.277 e. The highest BCUT2D eigenvalue weighted by Gasteiger charge is 2.15. The Labute approximate surface area is 117 Å². The maximum Gasteiger partial charge on any atom is 0.277 e. The van der Waals surface area contributed by atoms with Gasteiger partial charge in [-0.15, -0.1) is 0 Å². The van der Waals surface area contributed by atoms with Crippen molar-refractivity contribution in [3.05, 3.63) is 23.3 Å². The summed E-state index contributed by atoms with van der Waals surface area (Å²) in [6.07, 6.45) is 4.95. The van der Waals surface area contributed by atoms with E-state index >= 15 is 0 Å². The zero-order valence-corrected chi connectivity index (χ0v) is 12.4. The van der Waals surface area contributed by atoms with E-state index in [-0.39, 0.29) is 0 Å². The van der Waals surface area contributed by atoms with Gasteiger partial charge in [-0.2, -0.15) is 4.98 Å². The molecule has 1 aromatic heterocycles. The van der Waals surface area contributed by atoms with Crippen molar-refractivity contribution in [1.82, 2.24) is 4.98 Å². The van der Waals surface area contributed by atoms with Gasteiger partial charge >= 0.3 is 0 Å². The van der Waals surface area contributed by atoms with Crippen LogP contribution in [0.5, 0.6) is 0 Å². The third-order valence-electron chi connectivity index (χ3n) is 3.53. The SMILES string of the molecule is Cc1cc(C)c2nc(NC3=[NH+]CCCCC3)sc2c1. The van der Waals surface area contributed by atoms with Crippen LogP contribution in [0.25, 0.3) is 10.2 Å². The lowest BCUT2D eigenvalue weighted by Crippen LogP contribution is -2.74. The van der Waals surface area contributed by atoms with Gasteiger partial charge in [0.1, 0.15) is 0 Å². The summed E-state index contributed by atoms with van der Waals surface area (Å²) in [6.45, 7) is 5.35. The lowest BCUT2D eigenvalue weighted by molar-refractivity contribution is -0.457. The number of rotatable bonds is 1. The molecule has 0 bridgehead atoms. The van der Waals surface area contributed by atoms with Crippen LogP contribution in [-0.4, -0.2) is 17.4 Å². The maximum atomic E-state index is 4.72. The lowest BCUT2D eigenvalue weighted by atomic mass is 10.1. The first-order valence-corrected chi connectivity index (χ1v) is 7.78. The summed E-state index contributed by atoms with van der Waals surface area (Å²) in [6, 6.07) is 4.42. The molecule has 3 nitrogen and oxygen atoms in total. The number of aryl methyl sites for hydroxylation is 2. The molecule has 19 heavy (non-hydrogen) atoms. The molecule has 1 aliphatic heterocycles. The molecular weight excluding hydrogens is 254 g/mol. The van der Waals surface area contributed by atoms with E-state index in [0.29, 0.717) is 0 Å². The predicted molar refractivity (Wildman–Crippen MR) is 82.0 cm³/mol. The zero-order valence-electron chi connectivity index (χ0n) is 11.5. The van der Waals surface area contributed by atoms with Gasteiger partial charge in [0.15, 0.2) is 0 Å². The summed E-state index contributed by atoms with van der Waals surface area (Å²) < 4.78 is 1.27. The molecule has 0 atom stereocenters. The van der Waals surface area contributed by atoms with E-state index in [1.54, 1.807) is 11.3 Å². The van der Waals surface area contributed by atoms with E-state index in [1.165, 1.54) is 40.9 Å². The molecule has 4 heteroatoms. The predicted octanol–water partition coefficient (Wildman–Crippen LogP) is 2.38. The molecule has 1 aliphatic rings. The highest BCUT2D eigenvalue weighted by atomic mass is 32.1. The Morgan fingerprint density at radius 2 is 2.11 bits per heavy atom. The van der Waals surface area contributed by atoms with Crippen LogP contribution in [0.3, 0.4) is 0 Å². The van der Waals surface area contributed by atoms with Crippen molar-refractivity contribution in [3.63, 3.8) is 0 Å². The molecule has 2 N–H and O–H groups in total. The minimum Gasteiger partial charge on any atom is -0.278 e. The zero-order chi connectivity index (χ0) is 13.2. The highest BCUT2D eigenvalue weighted by Crippen LogP contribution is 2.29. The summed E-state index contributed by atoms with van der Waals surface area (Å²) in [5.74, 6) is 1.23. The van der Waals surface area contributed by atoms with Crippen molar-refractivity contribution in [2.45, 2.75) is 39.5 Å². The van der Waals surface area contributed by atoms with Crippen molar-refractivity contribution in [1.29, 1.82) is 0 Å². The van der Waals surface area contributed by atoms with Gasteiger partial charge in [0, 0.05) is 6.42 Å². The van der Waals surface area contributed by atoms with E-state index < -0.39 is 0 Å². The third kappa shape index (κ3) is 2.78. The number of hydrogen-bond acceptors (Lipinski definition) is 3. The molecule has 0 radical (unpaired) electrons. The van der Waals surface area contributed by atoms with E-state index in [4.69, 9.17) is 4.98 Å². The van der Waals surface area contributed by atoms with Crippen LogP contribution in [0.2, 0.25) is 0 Å². The summed E-state index contributed by atoms with van der Waals surface area (Å²) in [5.41, 5.74) is 3.70. The normalized spacial score (nSPS) is 16.2. The van der Waals surface area contributed by atoms with Crippen LogP contribution >= 0.6 is 11.3 Å². The number of fused-ring (bicyclic) bond motifs is 1. The Morgan fingerprint density at radius 1 is 1.21 bits per heavy atom. The summed E-state index contributed by atoms with van der Waals surface area (Å²) in [5, 5.41) is 4.48. The van der Waals surface area contributed by atoms with Crippen molar-refractivity contribution in [3.8, 4) is 0 Å². The minimum absolute atomic E-state index is 1.01. The topological polar surface area (TPSA) is 38.9 Å². The van der Waals surface area contributed by atoms with Crippen molar-refractivity contribution < 1.29 is 4.99 Å². The number of anilines is 1. The number of nitrogens with one attached hydrogen (secondary N) is 2. The summed E-state index contributed by atoms with van der Waals surface area (Å²) in [7, 11) is 0. The van der Waals surface area contributed by atoms with Crippen LogP contribution in [0, 0.1) is 13.8 Å². The Morgan fingerprint density at radius 3 is 3.00 bits per heavy atom. The Bertz CT molecular complexity index is 628. The highest BCUT2D eigenvalue weighted by molar-refractivity contribution is 7.22. The molecule has 2 aromatic rings. The monoisotopic (exact) mass is 274 g/mol. The number of aromatic nitrogens is 1. The standard InChI is InChI=1S/C15H19N3S/c1-10-8-11(2)14-12(9-10)19-15(18-14)17-13-6-4-3-5-7-16-13/h8-9H,3-7H2,1-2H3,(H,16,17,18)/p+1. The van der Waals surface area contributed by atoms with E-state index in [1.807, 2.05) is 0 Å². The maximum absolute atomic E-state index is 4.72. The van der Waals surface area contributed by atoms with Crippen molar-refractivity contribution in [2.24, 2.45) is 0 Å². The number of benzene rings is 1. The van der Waals surface area contributed by atoms with Gasteiger partial charge in [-0.05, 0) is 50.3 Å². The van der Waals surface area contributed by atoms with Crippen LogP contribution in [0.1, 0.15) is 36.8 Å². The lowest BCUT2D eigenvalue weighted by Gasteiger charge is -1.96. The first kappa shape index (κ1) is 12.6. The fourth-order valence-electron chi connectivity index (χ4n) is 2.59. The van der Waals surface area contributed by atoms with Crippen LogP contribution in [0.4, 0.5) is 5.13 Å². The van der Waals surface area contributed by atoms with Gasteiger partial charge in [0.25, 0.3) is 5.13 Å². The first-order chi connectivity index (χ1) is 9.22. The second-order valence-electron chi connectivity index (χ2n) is 5.29. The Balaban J connectivity index is 1.89. The number of hydrogen-bond donors (Lipinski definition) is 2. The van der Waals surface area contributed by atoms with E-state index in [2.05, 4.69) is 36.3 Å².